The average Bonchev–Trinajstić information content (AvgIpc) is 2.59. The van der Waals surface area contributed by atoms with Crippen LogP contribution in [0.5, 0.6) is 11.5 Å². The molecule has 0 aliphatic rings. The molecule has 0 spiro atoms. The SMILES string of the molecule is CC[C@H](NC(=O)COc1ccccc1C)c1ccc(OC)cc1. The molecule has 0 aromatic heterocycles. The van der Waals surface area contributed by atoms with E-state index in [1.54, 1.807) is 7.11 Å². The summed E-state index contributed by atoms with van der Waals surface area (Å²) in [7, 11) is 1.64. The first-order valence-corrected chi connectivity index (χ1v) is 7.75. The number of ether oxygens (including phenoxy) is 2. The summed E-state index contributed by atoms with van der Waals surface area (Å²) in [4.78, 5) is 12.1. The van der Waals surface area contributed by atoms with Crippen LogP contribution in [0, 0.1) is 6.92 Å². The number of carbonyl (C=O) groups is 1. The Morgan fingerprint density at radius 2 is 1.83 bits per heavy atom. The zero-order chi connectivity index (χ0) is 16.7. The molecule has 0 radical (unpaired) electrons. The first-order valence-electron chi connectivity index (χ1n) is 7.75. The highest BCUT2D eigenvalue weighted by Crippen LogP contribution is 2.20. The third-order valence-corrected chi connectivity index (χ3v) is 3.71. The Morgan fingerprint density at radius 1 is 1.13 bits per heavy atom. The predicted octanol–water partition coefficient (Wildman–Crippen LogP) is 3.65. The van der Waals surface area contributed by atoms with Gasteiger partial charge in [-0.2, -0.15) is 0 Å². The van der Waals surface area contributed by atoms with Crippen molar-refractivity contribution in [3.05, 3.63) is 59.7 Å². The lowest BCUT2D eigenvalue weighted by atomic mass is 10.0. The molecule has 0 saturated carbocycles. The fourth-order valence-electron chi connectivity index (χ4n) is 2.35. The maximum atomic E-state index is 12.1. The minimum Gasteiger partial charge on any atom is -0.497 e. The van der Waals surface area contributed by atoms with E-state index in [-0.39, 0.29) is 18.6 Å². The van der Waals surface area contributed by atoms with Gasteiger partial charge < -0.3 is 14.8 Å². The van der Waals surface area contributed by atoms with Gasteiger partial charge in [0.2, 0.25) is 0 Å². The third-order valence-electron chi connectivity index (χ3n) is 3.71. The molecule has 1 N–H and O–H groups in total. The maximum Gasteiger partial charge on any atom is 0.258 e. The molecule has 0 aliphatic carbocycles. The van der Waals surface area contributed by atoms with E-state index in [9.17, 15) is 4.79 Å². The molecule has 1 atom stereocenters. The van der Waals surface area contributed by atoms with Gasteiger partial charge in [-0.15, -0.1) is 0 Å². The number of methoxy groups -OCH3 is 1. The van der Waals surface area contributed by atoms with E-state index in [4.69, 9.17) is 9.47 Å². The number of hydrogen-bond acceptors (Lipinski definition) is 3. The summed E-state index contributed by atoms with van der Waals surface area (Å²) >= 11 is 0. The molecule has 4 heteroatoms. The summed E-state index contributed by atoms with van der Waals surface area (Å²) in [5.74, 6) is 1.41. The number of aryl methyl sites for hydroxylation is 1. The molecule has 122 valence electrons. The Balaban J connectivity index is 1.92. The summed E-state index contributed by atoms with van der Waals surface area (Å²) < 4.78 is 10.7. The van der Waals surface area contributed by atoms with Crippen molar-refractivity contribution in [1.29, 1.82) is 0 Å². The third kappa shape index (κ3) is 4.74. The Kier molecular flexibility index (Phi) is 6.03. The lowest BCUT2D eigenvalue weighted by Crippen LogP contribution is -2.32. The van der Waals surface area contributed by atoms with Gasteiger partial charge in [0, 0.05) is 0 Å². The Hall–Kier alpha value is -2.49. The molecule has 0 saturated heterocycles. The van der Waals surface area contributed by atoms with E-state index >= 15 is 0 Å². The van der Waals surface area contributed by atoms with E-state index < -0.39 is 0 Å². The number of carbonyl (C=O) groups excluding carboxylic acids is 1. The zero-order valence-electron chi connectivity index (χ0n) is 13.8. The lowest BCUT2D eigenvalue weighted by Gasteiger charge is -2.18. The number of hydrogen-bond donors (Lipinski definition) is 1. The van der Waals surface area contributed by atoms with E-state index in [0.29, 0.717) is 0 Å². The molecule has 0 fully saturated rings. The number of benzene rings is 2. The molecular formula is C19H23NO3. The second-order valence-electron chi connectivity index (χ2n) is 5.36. The van der Waals surface area contributed by atoms with Gasteiger partial charge in [0.25, 0.3) is 5.91 Å². The zero-order valence-corrected chi connectivity index (χ0v) is 13.8. The number of nitrogens with one attached hydrogen (secondary N) is 1. The van der Waals surface area contributed by atoms with Crippen LogP contribution in [-0.4, -0.2) is 19.6 Å². The minimum absolute atomic E-state index is 0.0114. The average molecular weight is 313 g/mol. The van der Waals surface area contributed by atoms with Gasteiger partial charge in [-0.3, -0.25) is 4.79 Å². The van der Waals surface area contributed by atoms with Crippen molar-refractivity contribution >= 4 is 5.91 Å². The smallest absolute Gasteiger partial charge is 0.258 e. The lowest BCUT2D eigenvalue weighted by molar-refractivity contribution is -0.123. The van der Waals surface area contributed by atoms with Crippen LogP contribution in [0.15, 0.2) is 48.5 Å². The first-order chi connectivity index (χ1) is 11.1. The van der Waals surface area contributed by atoms with Gasteiger partial charge in [0.15, 0.2) is 6.61 Å². The van der Waals surface area contributed by atoms with Crippen molar-refractivity contribution in [3.63, 3.8) is 0 Å². The summed E-state index contributed by atoms with van der Waals surface area (Å²) in [6.07, 6.45) is 0.808. The van der Waals surface area contributed by atoms with E-state index in [2.05, 4.69) is 5.32 Å². The van der Waals surface area contributed by atoms with Crippen LogP contribution in [0.1, 0.15) is 30.5 Å². The fraction of sp³-hybridized carbons (Fsp3) is 0.316. The molecule has 0 bridgehead atoms. The van der Waals surface area contributed by atoms with Crippen molar-refractivity contribution < 1.29 is 14.3 Å². The number of rotatable bonds is 7. The highest BCUT2D eigenvalue weighted by molar-refractivity contribution is 5.78. The highest BCUT2D eigenvalue weighted by atomic mass is 16.5. The molecule has 0 heterocycles. The van der Waals surface area contributed by atoms with Crippen LogP contribution in [0.3, 0.4) is 0 Å². The summed E-state index contributed by atoms with van der Waals surface area (Å²) in [6, 6.07) is 15.4. The molecule has 0 unspecified atom stereocenters. The van der Waals surface area contributed by atoms with E-state index in [0.717, 1.165) is 29.0 Å². The largest absolute Gasteiger partial charge is 0.497 e. The van der Waals surface area contributed by atoms with Gasteiger partial charge in [0.05, 0.1) is 13.2 Å². The van der Waals surface area contributed by atoms with Crippen LogP contribution >= 0.6 is 0 Å². The van der Waals surface area contributed by atoms with Gasteiger partial charge in [-0.25, -0.2) is 0 Å². The maximum absolute atomic E-state index is 12.1. The highest BCUT2D eigenvalue weighted by Gasteiger charge is 2.13. The summed E-state index contributed by atoms with van der Waals surface area (Å²) in [6.45, 7) is 4.01. The monoisotopic (exact) mass is 313 g/mol. The summed E-state index contributed by atoms with van der Waals surface area (Å²) in [5.41, 5.74) is 2.07. The second kappa shape index (κ2) is 8.22. The van der Waals surface area contributed by atoms with Crippen LogP contribution in [0.4, 0.5) is 0 Å². The first kappa shape index (κ1) is 16.9. The quantitative estimate of drug-likeness (QED) is 0.849. The van der Waals surface area contributed by atoms with Crippen LogP contribution in [0.25, 0.3) is 0 Å². The van der Waals surface area contributed by atoms with Crippen molar-refractivity contribution in [3.8, 4) is 11.5 Å². The Labute approximate surface area is 137 Å². The molecule has 2 aromatic rings. The van der Waals surface area contributed by atoms with Crippen LogP contribution < -0.4 is 14.8 Å². The fourth-order valence-corrected chi connectivity index (χ4v) is 2.35. The van der Waals surface area contributed by atoms with E-state index in [1.807, 2.05) is 62.4 Å². The summed E-state index contributed by atoms with van der Waals surface area (Å²) in [5, 5.41) is 3.01. The van der Waals surface area contributed by atoms with Crippen LogP contribution in [0.2, 0.25) is 0 Å². The molecule has 4 nitrogen and oxygen atoms in total. The predicted molar refractivity (Wildman–Crippen MR) is 90.8 cm³/mol. The molecule has 0 aliphatic heterocycles. The van der Waals surface area contributed by atoms with Crippen molar-refractivity contribution in [2.45, 2.75) is 26.3 Å². The topological polar surface area (TPSA) is 47.6 Å². The van der Waals surface area contributed by atoms with E-state index in [1.165, 1.54) is 0 Å². The molecular weight excluding hydrogens is 290 g/mol. The normalized spacial score (nSPS) is 11.6. The molecule has 2 aromatic carbocycles. The second-order valence-corrected chi connectivity index (χ2v) is 5.36. The van der Waals surface area contributed by atoms with Crippen molar-refractivity contribution in [1.82, 2.24) is 5.32 Å². The molecule has 1 amide bonds. The van der Waals surface area contributed by atoms with Crippen molar-refractivity contribution in [2.75, 3.05) is 13.7 Å². The molecule has 23 heavy (non-hydrogen) atoms. The van der Waals surface area contributed by atoms with Gasteiger partial charge in [-0.05, 0) is 42.7 Å². The Morgan fingerprint density at radius 3 is 2.43 bits per heavy atom. The molecule has 2 rings (SSSR count). The van der Waals surface area contributed by atoms with Gasteiger partial charge in [-0.1, -0.05) is 37.3 Å². The van der Waals surface area contributed by atoms with Gasteiger partial charge in [0.1, 0.15) is 11.5 Å². The minimum atomic E-state index is -0.129. The van der Waals surface area contributed by atoms with Crippen LogP contribution in [-0.2, 0) is 4.79 Å². The standard InChI is InChI=1S/C19H23NO3/c1-4-17(15-9-11-16(22-3)12-10-15)20-19(21)13-23-18-8-6-5-7-14(18)2/h5-12,17H,4,13H2,1-3H3,(H,20,21)/t17-/m0/s1. The van der Waals surface area contributed by atoms with Gasteiger partial charge >= 0.3 is 0 Å². The van der Waals surface area contributed by atoms with Crippen molar-refractivity contribution in [2.24, 2.45) is 0 Å². The number of amides is 1. The Bertz CT molecular complexity index is 637. The number of para-hydroxylation sites is 1.